The lowest BCUT2D eigenvalue weighted by Crippen LogP contribution is -2.41. The summed E-state index contributed by atoms with van der Waals surface area (Å²) in [4.78, 5) is 11.3. The van der Waals surface area contributed by atoms with Crippen LogP contribution in [0.4, 0.5) is 4.79 Å². The molecule has 0 radical (unpaired) electrons. The Balaban J connectivity index is 2.92. The maximum Gasteiger partial charge on any atom is 0.335 e. The second-order valence-corrected chi connectivity index (χ2v) is 4.66. The van der Waals surface area contributed by atoms with Crippen molar-refractivity contribution in [3.8, 4) is 0 Å². The minimum Gasteiger partial charge on any atom is -0.394 e. The van der Waals surface area contributed by atoms with Gasteiger partial charge in [0, 0.05) is 0 Å². The van der Waals surface area contributed by atoms with Gasteiger partial charge in [-0.3, -0.25) is 0 Å². The zero-order valence-electron chi connectivity index (χ0n) is 10.4. The fraction of sp³-hybridized carbons (Fsp3) is 0.333. The van der Waals surface area contributed by atoms with E-state index in [1.807, 2.05) is 6.92 Å². The van der Waals surface area contributed by atoms with Gasteiger partial charge in [-0.2, -0.15) is 5.10 Å². The Morgan fingerprint density at radius 3 is 2.68 bits per heavy atom. The number of aliphatic hydroxyl groups is 1. The Morgan fingerprint density at radius 2 is 2.21 bits per heavy atom. The summed E-state index contributed by atoms with van der Waals surface area (Å²) in [6, 6.07) is 3.78. The first kappa shape index (κ1) is 15.8. The van der Waals surface area contributed by atoms with Crippen LogP contribution in [0.25, 0.3) is 0 Å². The molecular weight excluding hydrogens is 289 g/mol. The van der Waals surface area contributed by atoms with Gasteiger partial charge in [0.05, 0.1) is 28.9 Å². The molecule has 0 aromatic heterocycles. The number of nitrogens with two attached hydrogens (primary N) is 1. The SMILES string of the molecule is CCC(CO)N(/N=C/c1ccc(Cl)c(Cl)c1)C(N)=O. The second-order valence-electron chi connectivity index (χ2n) is 3.85. The number of amides is 2. The van der Waals surface area contributed by atoms with Crippen molar-refractivity contribution in [2.75, 3.05) is 6.61 Å². The molecule has 0 fully saturated rings. The highest BCUT2D eigenvalue weighted by atomic mass is 35.5. The summed E-state index contributed by atoms with van der Waals surface area (Å²) in [5, 5.41) is 15.0. The lowest BCUT2D eigenvalue weighted by molar-refractivity contribution is 0.139. The van der Waals surface area contributed by atoms with Gasteiger partial charge in [0.2, 0.25) is 0 Å². The van der Waals surface area contributed by atoms with Crippen molar-refractivity contribution in [1.82, 2.24) is 5.01 Å². The third-order valence-electron chi connectivity index (χ3n) is 2.53. The van der Waals surface area contributed by atoms with Crippen LogP contribution in [0, 0.1) is 0 Å². The number of aliphatic hydroxyl groups excluding tert-OH is 1. The minimum atomic E-state index is -0.725. The van der Waals surface area contributed by atoms with Crippen LogP contribution in [0.5, 0.6) is 0 Å². The van der Waals surface area contributed by atoms with Crippen molar-refractivity contribution < 1.29 is 9.90 Å². The quantitative estimate of drug-likeness (QED) is 0.647. The van der Waals surface area contributed by atoms with Crippen LogP contribution in [-0.2, 0) is 0 Å². The third-order valence-corrected chi connectivity index (χ3v) is 3.27. The number of hydrogen-bond acceptors (Lipinski definition) is 3. The fourth-order valence-electron chi connectivity index (χ4n) is 1.43. The van der Waals surface area contributed by atoms with Crippen LogP contribution in [0.3, 0.4) is 0 Å². The molecule has 2 amide bonds. The molecular formula is C12H15Cl2N3O2. The zero-order valence-corrected chi connectivity index (χ0v) is 11.9. The van der Waals surface area contributed by atoms with Crippen LogP contribution in [0.2, 0.25) is 10.0 Å². The lowest BCUT2D eigenvalue weighted by Gasteiger charge is -2.22. The van der Waals surface area contributed by atoms with E-state index in [0.29, 0.717) is 22.0 Å². The number of hydrogen-bond donors (Lipinski definition) is 2. The first-order chi connectivity index (χ1) is 8.99. The second kappa shape index (κ2) is 7.33. The highest BCUT2D eigenvalue weighted by Crippen LogP contribution is 2.21. The number of halogens is 2. The Bertz CT molecular complexity index is 476. The molecule has 5 nitrogen and oxygen atoms in total. The molecule has 1 aromatic rings. The highest BCUT2D eigenvalue weighted by molar-refractivity contribution is 6.42. The van der Waals surface area contributed by atoms with Crippen LogP contribution < -0.4 is 5.73 Å². The van der Waals surface area contributed by atoms with Crippen LogP contribution in [0.15, 0.2) is 23.3 Å². The number of carbonyl (C=O) groups is 1. The summed E-state index contributed by atoms with van der Waals surface area (Å²) in [5.74, 6) is 0. The number of urea groups is 1. The molecule has 1 unspecified atom stereocenters. The van der Waals surface area contributed by atoms with E-state index >= 15 is 0 Å². The molecule has 7 heteroatoms. The van der Waals surface area contributed by atoms with E-state index in [0.717, 1.165) is 5.01 Å². The molecule has 1 rings (SSSR count). The molecule has 0 saturated heterocycles. The zero-order chi connectivity index (χ0) is 14.4. The van der Waals surface area contributed by atoms with Crippen molar-refractivity contribution in [2.45, 2.75) is 19.4 Å². The number of rotatable bonds is 5. The Kier molecular flexibility index (Phi) is 6.08. The van der Waals surface area contributed by atoms with Crippen molar-refractivity contribution in [1.29, 1.82) is 0 Å². The molecule has 0 heterocycles. The highest BCUT2D eigenvalue weighted by Gasteiger charge is 2.18. The molecule has 0 aliphatic heterocycles. The average Bonchev–Trinajstić information content (AvgIpc) is 2.38. The summed E-state index contributed by atoms with van der Waals surface area (Å²) in [6.45, 7) is 1.61. The molecule has 0 bridgehead atoms. The van der Waals surface area contributed by atoms with Gasteiger partial charge in [-0.25, -0.2) is 9.80 Å². The van der Waals surface area contributed by atoms with E-state index < -0.39 is 12.1 Å². The maximum absolute atomic E-state index is 11.3. The smallest absolute Gasteiger partial charge is 0.335 e. The Morgan fingerprint density at radius 1 is 1.53 bits per heavy atom. The van der Waals surface area contributed by atoms with E-state index in [1.165, 1.54) is 6.21 Å². The van der Waals surface area contributed by atoms with Gasteiger partial charge in [0.25, 0.3) is 0 Å². The van der Waals surface area contributed by atoms with Gasteiger partial charge >= 0.3 is 6.03 Å². The summed E-state index contributed by atoms with van der Waals surface area (Å²) in [5.41, 5.74) is 5.90. The minimum absolute atomic E-state index is 0.210. The largest absolute Gasteiger partial charge is 0.394 e. The molecule has 0 saturated carbocycles. The van der Waals surface area contributed by atoms with E-state index in [-0.39, 0.29) is 6.61 Å². The van der Waals surface area contributed by atoms with Gasteiger partial charge in [0.15, 0.2) is 0 Å². The monoisotopic (exact) mass is 303 g/mol. The van der Waals surface area contributed by atoms with Gasteiger partial charge in [-0.1, -0.05) is 36.2 Å². The van der Waals surface area contributed by atoms with Crippen LogP contribution in [-0.4, -0.2) is 35.0 Å². The number of nitrogens with zero attached hydrogens (tertiary/aromatic N) is 2. The van der Waals surface area contributed by atoms with E-state index in [1.54, 1.807) is 18.2 Å². The van der Waals surface area contributed by atoms with Crippen molar-refractivity contribution in [3.05, 3.63) is 33.8 Å². The molecule has 1 atom stereocenters. The van der Waals surface area contributed by atoms with E-state index in [9.17, 15) is 4.79 Å². The number of primary amides is 1. The van der Waals surface area contributed by atoms with Crippen LogP contribution in [0.1, 0.15) is 18.9 Å². The van der Waals surface area contributed by atoms with Gasteiger partial charge < -0.3 is 10.8 Å². The Labute approximate surface area is 121 Å². The number of benzene rings is 1. The van der Waals surface area contributed by atoms with Crippen molar-refractivity contribution >= 4 is 35.4 Å². The maximum atomic E-state index is 11.3. The average molecular weight is 304 g/mol. The van der Waals surface area contributed by atoms with Gasteiger partial charge in [-0.05, 0) is 24.1 Å². The Hall–Kier alpha value is -1.30. The van der Waals surface area contributed by atoms with E-state index in [2.05, 4.69) is 5.10 Å². The topological polar surface area (TPSA) is 78.9 Å². The fourth-order valence-corrected chi connectivity index (χ4v) is 1.74. The molecule has 3 N–H and O–H groups in total. The van der Waals surface area contributed by atoms with Crippen LogP contribution >= 0.6 is 23.2 Å². The molecule has 1 aromatic carbocycles. The molecule has 104 valence electrons. The summed E-state index contributed by atoms with van der Waals surface area (Å²) in [7, 11) is 0. The summed E-state index contributed by atoms with van der Waals surface area (Å²) < 4.78 is 0. The number of hydrazone groups is 1. The standard InChI is InChI=1S/C12H15Cl2N3O2/c1-2-9(7-18)17(12(15)19)16-6-8-3-4-10(13)11(14)5-8/h3-6,9,18H,2,7H2,1H3,(H2,15,19)/b16-6+. The first-order valence-corrected chi connectivity index (χ1v) is 6.43. The molecule has 19 heavy (non-hydrogen) atoms. The first-order valence-electron chi connectivity index (χ1n) is 5.68. The predicted molar refractivity (Wildman–Crippen MR) is 76.6 cm³/mol. The molecule has 0 spiro atoms. The van der Waals surface area contributed by atoms with E-state index in [4.69, 9.17) is 34.0 Å². The van der Waals surface area contributed by atoms with Crippen molar-refractivity contribution in [2.24, 2.45) is 10.8 Å². The molecule has 0 aliphatic carbocycles. The predicted octanol–water partition coefficient (Wildman–Crippen LogP) is 2.48. The third kappa shape index (κ3) is 4.38. The summed E-state index contributed by atoms with van der Waals surface area (Å²) >= 11 is 11.7. The van der Waals surface area contributed by atoms with Gasteiger partial charge in [-0.15, -0.1) is 0 Å². The van der Waals surface area contributed by atoms with Crippen molar-refractivity contribution in [3.63, 3.8) is 0 Å². The number of carbonyl (C=O) groups excluding carboxylic acids is 1. The molecule has 0 aliphatic rings. The lowest BCUT2D eigenvalue weighted by atomic mass is 10.2. The normalized spacial score (nSPS) is 12.6. The summed E-state index contributed by atoms with van der Waals surface area (Å²) in [6.07, 6.45) is 1.98. The van der Waals surface area contributed by atoms with Gasteiger partial charge in [0.1, 0.15) is 0 Å².